The van der Waals surface area contributed by atoms with Gasteiger partial charge in [-0.15, -0.1) is 5.10 Å². The number of carbonyl (C=O) groups excluding carboxylic acids is 1. The molecule has 7 heteroatoms. The quantitative estimate of drug-likeness (QED) is 0.801. The average Bonchev–Trinajstić information content (AvgIpc) is 3.34. The van der Waals surface area contributed by atoms with Crippen LogP contribution in [0, 0.1) is 0 Å². The lowest BCUT2D eigenvalue weighted by molar-refractivity contribution is 0.0683. The Labute approximate surface area is 139 Å². The maximum atomic E-state index is 12.7. The van der Waals surface area contributed by atoms with Gasteiger partial charge >= 0.3 is 0 Å². The second-order valence-corrected chi connectivity index (χ2v) is 5.94. The highest BCUT2D eigenvalue weighted by atomic mass is 16.2. The predicted octanol–water partition coefficient (Wildman–Crippen LogP) is 2.15. The summed E-state index contributed by atoms with van der Waals surface area (Å²) in [5.74, 6) is 0.00159. The summed E-state index contributed by atoms with van der Waals surface area (Å²) in [5.41, 5.74) is 2.32. The van der Waals surface area contributed by atoms with E-state index in [9.17, 15) is 4.79 Å². The summed E-state index contributed by atoms with van der Waals surface area (Å²) in [7, 11) is 0. The molecule has 1 saturated heterocycles. The Bertz CT molecular complexity index is 803. The van der Waals surface area contributed by atoms with Crippen molar-refractivity contribution in [3.63, 3.8) is 0 Å². The molecule has 3 aromatic rings. The normalized spacial score (nSPS) is 15.6. The monoisotopic (exact) mass is 322 g/mol. The minimum absolute atomic E-state index is 0.00159. The van der Waals surface area contributed by atoms with Crippen LogP contribution in [0.15, 0.2) is 48.8 Å². The zero-order valence-electron chi connectivity index (χ0n) is 13.2. The van der Waals surface area contributed by atoms with Crippen LogP contribution in [-0.4, -0.2) is 49.1 Å². The van der Waals surface area contributed by atoms with Crippen molar-refractivity contribution >= 4 is 5.91 Å². The summed E-state index contributed by atoms with van der Waals surface area (Å²) in [5, 5.41) is 15.0. The predicted molar refractivity (Wildman–Crippen MR) is 88.2 cm³/mol. The number of rotatable bonds is 3. The van der Waals surface area contributed by atoms with E-state index in [1.54, 1.807) is 6.20 Å². The summed E-state index contributed by atoms with van der Waals surface area (Å²) >= 11 is 0. The van der Waals surface area contributed by atoms with Crippen LogP contribution in [0.5, 0.6) is 0 Å². The maximum Gasteiger partial charge on any atom is 0.271 e. The summed E-state index contributed by atoms with van der Waals surface area (Å²) in [6.07, 6.45) is 5.33. The van der Waals surface area contributed by atoms with E-state index in [0.29, 0.717) is 24.8 Å². The van der Waals surface area contributed by atoms with Crippen molar-refractivity contribution in [3.8, 4) is 11.3 Å². The average molecular weight is 322 g/mol. The van der Waals surface area contributed by atoms with Gasteiger partial charge in [0.1, 0.15) is 5.69 Å². The number of likely N-dealkylation sites (tertiary alicyclic amines) is 1. The first-order valence-corrected chi connectivity index (χ1v) is 8.07. The number of hydrogen-bond acceptors (Lipinski definition) is 4. The smallest absolute Gasteiger partial charge is 0.271 e. The van der Waals surface area contributed by atoms with Gasteiger partial charge in [0.15, 0.2) is 0 Å². The SMILES string of the molecule is O=C(c1cc(-c2ccccc2)n[nH]1)N1CCC(n2ccnn2)CC1. The Morgan fingerprint density at radius 2 is 1.96 bits per heavy atom. The summed E-state index contributed by atoms with van der Waals surface area (Å²) in [6, 6.07) is 12.0. The molecule has 0 radical (unpaired) electrons. The van der Waals surface area contributed by atoms with E-state index >= 15 is 0 Å². The minimum atomic E-state index is 0.00159. The first-order chi connectivity index (χ1) is 11.8. The van der Waals surface area contributed by atoms with Gasteiger partial charge in [-0.2, -0.15) is 5.10 Å². The van der Waals surface area contributed by atoms with E-state index in [2.05, 4.69) is 20.5 Å². The minimum Gasteiger partial charge on any atom is -0.337 e. The lowest BCUT2D eigenvalue weighted by Gasteiger charge is -2.31. The highest BCUT2D eigenvalue weighted by Gasteiger charge is 2.26. The fraction of sp³-hybridized carbons (Fsp3) is 0.294. The Morgan fingerprint density at radius 1 is 1.17 bits per heavy atom. The molecule has 0 spiro atoms. The Kier molecular flexibility index (Phi) is 3.82. The third-order valence-corrected chi connectivity index (χ3v) is 4.44. The molecule has 0 aliphatic carbocycles. The van der Waals surface area contributed by atoms with Gasteiger partial charge in [-0.3, -0.25) is 9.89 Å². The van der Waals surface area contributed by atoms with Crippen LogP contribution in [0.1, 0.15) is 29.4 Å². The van der Waals surface area contributed by atoms with Crippen LogP contribution in [0.2, 0.25) is 0 Å². The van der Waals surface area contributed by atoms with Crippen molar-refractivity contribution in [2.45, 2.75) is 18.9 Å². The van der Waals surface area contributed by atoms with Crippen LogP contribution >= 0.6 is 0 Å². The molecule has 24 heavy (non-hydrogen) atoms. The van der Waals surface area contributed by atoms with Crippen molar-refractivity contribution in [2.24, 2.45) is 0 Å². The topological polar surface area (TPSA) is 79.7 Å². The van der Waals surface area contributed by atoms with Gasteiger partial charge < -0.3 is 4.90 Å². The standard InChI is InChI=1S/C17H18N6O/c24-17(16-12-15(19-20-16)13-4-2-1-3-5-13)22-9-6-14(7-10-22)23-11-8-18-21-23/h1-5,8,11-12,14H,6-7,9-10H2,(H,19,20). The molecular weight excluding hydrogens is 304 g/mol. The number of aromatic amines is 1. The number of carbonyl (C=O) groups is 1. The highest BCUT2D eigenvalue weighted by Crippen LogP contribution is 2.23. The number of nitrogens with zero attached hydrogens (tertiary/aromatic N) is 5. The Balaban J connectivity index is 1.43. The lowest BCUT2D eigenvalue weighted by Crippen LogP contribution is -2.39. The molecular formula is C17H18N6O. The summed E-state index contributed by atoms with van der Waals surface area (Å²) in [6.45, 7) is 1.42. The zero-order chi connectivity index (χ0) is 16.4. The van der Waals surface area contributed by atoms with E-state index in [1.165, 1.54) is 0 Å². The summed E-state index contributed by atoms with van der Waals surface area (Å²) in [4.78, 5) is 14.5. The number of aromatic nitrogens is 5. The number of nitrogens with one attached hydrogen (secondary N) is 1. The van der Waals surface area contributed by atoms with Crippen molar-refractivity contribution in [2.75, 3.05) is 13.1 Å². The first kappa shape index (κ1) is 14.6. The van der Waals surface area contributed by atoms with Gasteiger partial charge in [0.25, 0.3) is 5.91 Å². The summed E-state index contributed by atoms with van der Waals surface area (Å²) < 4.78 is 1.88. The van der Waals surface area contributed by atoms with Crippen molar-refractivity contribution in [3.05, 3.63) is 54.5 Å². The zero-order valence-corrected chi connectivity index (χ0v) is 13.2. The van der Waals surface area contributed by atoms with Gasteiger partial charge in [-0.05, 0) is 18.9 Å². The van der Waals surface area contributed by atoms with Gasteiger partial charge in [0.2, 0.25) is 0 Å². The molecule has 4 rings (SSSR count). The number of hydrogen-bond donors (Lipinski definition) is 1. The van der Waals surface area contributed by atoms with Crippen LogP contribution in [0.25, 0.3) is 11.3 Å². The van der Waals surface area contributed by atoms with E-state index in [4.69, 9.17) is 0 Å². The molecule has 0 unspecified atom stereocenters. The highest BCUT2D eigenvalue weighted by molar-refractivity contribution is 5.93. The molecule has 1 aliphatic rings. The van der Waals surface area contributed by atoms with Crippen LogP contribution in [0.3, 0.4) is 0 Å². The maximum absolute atomic E-state index is 12.7. The molecule has 7 nitrogen and oxygen atoms in total. The Hall–Kier alpha value is -2.96. The Morgan fingerprint density at radius 3 is 2.67 bits per heavy atom. The molecule has 0 saturated carbocycles. The van der Waals surface area contributed by atoms with Crippen molar-refractivity contribution in [1.29, 1.82) is 0 Å². The molecule has 0 atom stereocenters. The van der Waals surface area contributed by atoms with Crippen LogP contribution in [0.4, 0.5) is 0 Å². The van der Waals surface area contributed by atoms with Gasteiger partial charge in [0, 0.05) is 24.8 Å². The third kappa shape index (κ3) is 2.80. The van der Waals surface area contributed by atoms with E-state index in [0.717, 1.165) is 24.1 Å². The number of amides is 1. The molecule has 1 amide bonds. The van der Waals surface area contributed by atoms with E-state index < -0.39 is 0 Å². The third-order valence-electron chi connectivity index (χ3n) is 4.44. The molecule has 2 aromatic heterocycles. The van der Waals surface area contributed by atoms with E-state index in [1.807, 2.05) is 52.2 Å². The van der Waals surface area contributed by atoms with Crippen LogP contribution < -0.4 is 0 Å². The second-order valence-electron chi connectivity index (χ2n) is 5.94. The van der Waals surface area contributed by atoms with Gasteiger partial charge in [-0.25, -0.2) is 4.68 Å². The van der Waals surface area contributed by atoms with Gasteiger partial charge in [0.05, 0.1) is 17.9 Å². The fourth-order valence-electron chi connectivity index (χ4n) is 3.10. The molecule has 1 aromatic carbocycles. The number of H-pyrrole nitrogens is 1. The molecule has 1 aliphatic heterocycles. The molecule has 1 fully saturated rings. The lowest BCUT2D eigenvalue weighted by atomic mass is 10.0. The fourth-order valence-corrected chi connectivity index (χ4v) is 3.10. The van der Waals surface area contributed by atoms with Crippen molar-refractivity contribution < 1.29 is 4.79 Å². The van der Waals surface area contributed by atoms with Crippen LogP contribution in [-0.2, 0) is 0 Å². The molecule has 1 N–H and O–H groups in total. The van der Waals surface area contributed by atoms with Crippen molar-refractivity contribution in [1.82, 2.24) is 30.1 Å². The molecule has 122 valence electrons. The largest absolute Gasteiger partial charge is 0.337 e. The first-order valence-electron chi connectivity index (χ1n) is 8.07. The number of benzene rings is 1. The van der Waals surface area contributed by atoms with Gasteiger partial charge in [-0.1, -0.05) is 35.5 Å². The van der Waals surface area contributed by atoms with E-state index in [-0.39, 0.29) is 5.91 Å². The second kappa shape index (κ2) is 6.27. The number of piperidine rings is 1. The molecule has 3 heterocycles. The molecule has 0 bridgehead atoms.